The summed E-state index contributed by atoms with van der Waals surface area (Å²) in [5, 5.41) is 5.15. The Morgan fingerprint density at radius 3 is 2.27 bits per heavy atom. The Morgan fingerprint density at radius 1 is 1.00 bits per heavy atom. The van der Waals surface area contributed by atoms with E-state index in [-0.39, 0.29) is 12.5 Å². The van der Waals surface area contributed by atoms with E-state index in [0.717, 1.165) is 12.0 Å². The number of rotatable bonds is 7. The highest BCUT2D eigenvalue weighted by atomic mass is 16.5. The van der Waals surface area contributed by atoms with Gasteiger partial charge in [0.25, 0.3) is 11.8 Å². The van der Waals surface area contributed by atoms with E-state index in [9.17, 15) is 14.4 Å². The smallest absolute Gasteiger partial charge is 0.326 e. The monoisotopic (exact) mass is 354 g/mol. The van der Waals surface area contributed by atoms with E-state index in [4.69, 9.17) is 4.74 Å². The number of hydrogen-bond donors (Lipinski definition) is 2. The molecule has 2 rings (SSSR count). The summed E-state index contributed by atoms with van der Waals surface area (Å²) in [6.07, 6.45) is -0.0568. The molecule has 0 fully saturated rings. The van der Waals surface area contributed by atoms with Crippen molar-refractivity contribution in [1.82, 2.24) is 5.32 Å². The molecule has 26 heavy (non-hydrogen) atoms. The zero-order chi connectivity index (χ0) is 18.9. The van der Waals surface area contributed by atoms with Crippen LogP contribution in [0, 0.1) is 0 Å². The van der Waals surface area contributed by atoms with Crippen LogP contribution in [0.5, 0.6) is 0 Å². The molecule has 1 unspecified atom stereocenters. The molecule has 0 aliphatic heterocycles. The van der Waals surface area contributed by atoms with Crippen molar-refractivity contribution in [2.24, 2.45) is 0 Å². The Kier molecular flexibility index (Phi) is 6.91. The molecule has 2 N–H and O–H groups in total. The predicted molar refractivity (Wildman–Crippen MR) is 98.8 cm³/mol. The topological polar surface area (TPSA) is 84.5 Å². The Bertz CT molecular complexity index is 757. The summed E-state index contributed by atoms with van der Waals surface area (Å²) < 4.78 is 5.05. The third kappa shape index (κ3) is 5.73. The fourth-order valence-corrected chi connectivity index (χ4v) is 2.20. The molecule has 0 aliphatic rings. The second-order valence-electron chi connectivity index (χ2n) is 5.72. The van der Waals surface area contributed by atoms with Gasteiger partial charge in [0.2, 0.25) is 0 Å². The zero-order valence-corrected chi connectivity index (χ0v) is 14.8. The highest BCUT2D eigenvalue weighted by Crippen LogP contribution is 2.10. The molecule has 1 atom stereocenters. The molecule has 2 aromatic carbocycles. The lowest BCUT2D eigenvalue weighted by molar-refractivity contribution is -0.152. The maximum atomic E-state index is 12.1. The summed E-state index contributed by atoms with van der Waals surface area (Å²) in [5.74, 6) is -1.49. The van der Waals surface area contributed by atoms with Crippen molar-refractivity contribution in [3.63, 3.8) is 0 Å². The zero-order valence-electron chi connectivity index (χ0n) is 14.8. The molecular weight excluding hydrogens is 332 g/mol. The molecular formula is C20H22N2O4. The van der Waals surface area contributed by atoms with E-state index in [1.54, 1.807) is 42.5 Å². The van der Waals surface area contributed by atoms with Crippen molar-refractivity contribution in [3.05, 3.63) is 65.7 Å². The molecule has 0 bridgehead atoms. The third-order valence-corrected chi connectivity index (χ3v) is 3.74. The summed E-state index contributed by atoms with van der Waals surface area (Å²) in [4.78, 5) is 35.8. The molecule has 2 amide bonds. The minimum Gasteiger partial charge on any atom is -0.451 e. The van der Waals surface area contributed by atoms with Crippen LogP contribution in [0.3, 0.4) is 0 Å². The van der Waals surface area contributed by atoms with Gasteiger partial charge in [-0.3, -0.25) is 14.4 Å². The summed E-state index contributed by atoms with van der Waals surface area (Å²) >= 11 is 0. The van der Waals surface area contributed by atoms with Gasteiger partial charge in [0.15, 0.2) is 6.10 Å². The fraction of sp³-hybridized carbons (Fsp3) is 0.250. The Balaban J connectivity index is 1.78. The van der Waals surface area contributed by atoms with E-state index in [2.05, 4.69) is 10.6 Å². The Labute approximate surface area is 152 Å². The van der Waals surface area contributed by atoms with E-state index >= 15 is 0 Å². The van der Waals surface area contributed by atoms with Crippen molar-refractivity contribution in [1.29, 1.82) is 0 Å². The van der Waals surface area contributed by atoms with Crippen LogP contribution in [0.25, 0.3) is 0 Å². The molecule has 0 aliphatic carbocycles. The van der Waals surface area contributed by atoms with Crippen LogP contribution in [0.15, 0.2) is 54.6 Å². The first-order valence-electron chi connectivity index (χ1n) is 8.42. The van der Waals surface area contributed by atoms with Crippen LogP contribution >= 0.6 is 0 Å². The minimum absolute atomic E-state index is 0.309. The number of carbonyl (C=O) groups is 3. The number of anilines is 1. The fourth-order valence-electron chi connectivity index (χ4n) is 2.20. The largest absolute Gasteiger partial charge is 0.451 e. The lowest BCUT2D eigenvalue weighted by Crippen LogP contribution is -2.35. The lowest BCUT2D eigenvalue weighted by Gasteiger charge is -2.14. The SMILES string of the molecule is CCc1ccc(NC(=O)C(C)OC(=O)CNC(=O)c2ccccc2)cc1. The number of nitrogens with one attached hydrogen (secondary N) is 2. The van der Waals surface area contributed by atoms with Gasteiger partial charge in [-0.2, -0.15) is 0 Å². The van der Waals surface area contributed by atoms with Gasteiger partial charge < -0.3 is 15.4 Å². The number of esters is 1. The second-order valence-corrected chi connectivity index (χ2v) is 5.72. The highest BCUT2D eigenvalue weighted by molar-refractivity contribution is 5.97. The number of aryl methyl sites for hydroxylation is 1. The molecule has 0 radical (unpaired) electrons. The molecule has 6 nitrogen and oxygen atoms in total. The van der Waals surface area contributed by atoms with Crippen LogP contribution < -0.4 is 10.6 Å². The van der Waals surface area contributed by atoms with Crippen LogP contribution in [-0.2, 0) is 20.7 Å². The summed E-state index contributed by atoms with van der Waals surface area (Å²) in [7, 11) is 0. The van der Waals surface area contributed by atoms with E-state index in [1.165, 1.54) is 6.92 Å². The van der Waals surface area contributed by atoms with Crippen LogP contribution in [0.1, 0.15) is 29.8 Å². The normalized spacial score (nSPS) is 11.3. The number of hydrogen-bond acceptors (Lipinski definition) is 4. The molecule has 136 valence electrons. The quantitative estimate of drug-likeness (QED) is 0.749. The average molecular weight is 354 g/mol. The first kappa shape index (κ1) is 19.2. The first-order valence-corrected chi connectivity index (χ1v) is 8.42. The molecule has 6 heteroatoms. The van der Waals surface area contributed by atoms with Gasteiger partial charge in [-0.05, 0) is 43.2 Å². The number of ether oxygens (including phenoxy) is 1. The number of carbonyl (C=O) groups excluding carboxylic acids is 3. The van der Waals surface area contributed by atoms with Crippen molar-refractivity contribution in [2.75, 3.05) is 11.9 Å². The number of benzene rings is 2. The van der Waals surface area contributed by atoms with E-state index in [0.29, 0.717) is 11.3 Å². The summed E-state index contributed by atoms with van der Waals surface area (Å²) in [6.45, 7) is 3.22. The summed E-state index contributed by atoms with van der Waals surface area (Å²) in [5.41, 5.74) is 2.24. The molecule has 0 aromatic heterocycles. The standard InChI is InChI=1S/C20H22N2O4/c1-3-15-9-11-17(12-10-15)22-19(24)14(2)26-18(23)13-21-20(25)16-7-5-4-6-8-16/h4-12,14H,3,13H2,1-2H3,(H,21,25)(H,22,24). The van der Waals surface area contributed by atoms with E-state index in [1.807, 2.05) is 19.1 Å². The van der Waals surface area contributed by atoms with Gasteiger partial charge in [-0.1, -0.05) is 37.3 Å². The molecule has 0 saturated carbocycles. The van der Waals surface area contributed by atoms with Gasteiger partial charge in [0, 0.05) is 11.3 Å². The predicted octanol–water partition coefficient (Wildman–Crippen LogP) is 2.55. The average Bonchev–Trinajstić information content (AvgIpc) is 2.67. The maximum Gasteiger partial charge on any atom is 0.326 e. The second kappa shape index (κ2) is 9.36. The van der Waals surface area contributed by atoms with Gasteiger partial charge in [-0.25, -0.2) is 0 Å². The Hall–Kier alpha value is -3.15. The Morgan fingerprint density at radius 2 is 1.65 bits per heavy atom. The molecule has 0 spiro atoms. The molecule has 2 aromatic rings. The van der Waals surface area contributed by atoms with Gasteiger partial charge in [0.1, 0.15) is 6.54 Å². The van der Waals surface area contributed by atoms with Crippen molar-refractivity contribution < 1.29 is 19.1 Å². The van der Waals surface area contributed by atoms with Gasteiger partial charge in [-0.15, -0.1) is 0 Å². The molecule has 0 heterocycles. The van der Waals surface area contributed by atoms with Crippen LogP contribution in [-0.4, -0.2) is 30.4 Å². The minimum atomic E-state index is -0.970. The van der Waals surface area contributed by atoms with Crippen LogP contribution in [0.2, 0.25) is 0 Å². The summed E-state index contributed by atoms with van der Waals surface area (Å²) in [6, 6.07) is 16.0. The van der Waals surface area contributed by atoms with E-state index < -0.39 is 18.0 Å². The molecule has 0 saturated heterocycles. The van der Waals surface area contributed by atoms with Gasteiger partial charge >= 0.3 is 5.97 Å². The van der Waals surface area contributed by atoms with Crippen molar-refractivity contribution in [2.45, 2.75) is 26.4 Å². The first-order chi connectivity index (χ1) is 12.5. The lowest BCUT2D eigenvalue weighted by atomic mass is 10.1. The van der Waals surface area contributed by atoms with Crippen molar-refractivity contribution >= 4 is 23.5 Å². The third-order valence-electron chi connectivity index (χ3n) is 3.74. The highest BCUT2D eigenvalue weighted by Gasteiger charge is 2.18. The number of amides is 2. The maximum absolute atomic E-state index is 12.1. The van der Waals surface area contributed by atoms with Crippen LogP contribution in [0.4, 0.5) is 5.69 Å². The van der Waals surface area contributed by atoms with Crippen molar-refractivity contribution in [3.8, 4) is 0 Å². The van der Waals surface area contributed by atoms with Gasteiger partial charge in [0.05, 0.1) is 0 Å².